The fourth-order valence-electron chi connectivity index (χ4n) is 2.51. The topological polar surface area (TPSA) is 21.3 Å². The van der Waals surface area contributed by atoms with Gasteiger partial charge < -0.3 is 10.1 Å². The lowest BCUT2D eigenvalue weighted by Crippen LogP contribution is -2.35. The van der Waals surface area contributed by atoms with Gasteiger partial charge in [-0.1, -0.05) is 12.5 Å². The van der Waals surface area contributed by atoms with E-state index in [0.717, 1.165) is 18.8 Å². The van der Waals surface area contributed by atoms with E-state index in [9.17, 15) is 0 Å². The molecule has 1 saturated heterocycles. The first kappa shape index (κ1) is 15.3. The van der Waals surface area contributed by atoms with E-state index in [0.29, 0.717) is 6.04 Å². The summed E-state index contributed by atoms with van der Waals surface area (Å²) in [7, 11) is 0. The van der Waals surface area contributed by atoms with Gasteiger partial charge in [0, 0.05) is 6.04 Å². The monoisotopic (exact) mass is 269 g/mol. The van der Waals surface area contributed by atoms with Gasteiger partial charge in [-0.3, -0.25) is 0 Å². The van der Waals surface area contributed by atoms with E-state index in [1.165, 1.54) is 36.9 Å². The van der Waals surface area contributed by atoms with Crippen molar-refractivity contribution >= 4 is 12.4 Å². The van der Waals surface area contributed by atoms with Crippen LogP contribution in [0, 0.1) is 13.8 Å². The van der Waals surface area contributed by atoms with Crippen molar-refractivity contribution in [3.63, 3.8) is 0 Å². The minimum absolute atomic E-state index is 0. The Morgan fingerprint density at radius 3 is 2.50 bits per heavy atom. The van der Waals surface area contributed by atoms with Gasteiger partial charge in [0.2, 0.25) is 0 Å². The summed E-state index contributed by atoms with van der Waals surface area (Å²) >= 11 is 0. The molecule has 3 heteroatoms. The maximum Gasteiger partial charge on any atom is 0.119 e. The van der Waals surface area contributed by atoms with E-state index >= 15 is 0 Å². The highest BCUT2D eigenvalue weighted by atomic mass is 35.5. The van der Waals surface area contributed by atoms with Gasteiger partial charge >= 0.3 is 0 Å². The molecule has 1 atom stereocenters. The SMILES string of the molecule is Cc1cc(C)cc(OCCC2CCCCN2)c1.Cl. The zero-order chi connectivity index (χ0) is 12.1. The predicted molar refractivity (Wildman–Crippen MR) is 78.9 cm³/mol. The van der Waals surface area contributed by atoms with Crippen molar-refractivity contribution in [2.75, 3.05) is 13.2 Å². The highest BCUT2D eigenvalue weighted by Crippen LogP contribution is 2.17. The van der Waals surface area contributed by atoms with Crippen LogP contribution in [0.3, 0.4) is 0 Å². The average molecular weight is 270 g/mol. The van der Waals surface area contributed by atoms with Crippen molar-refractivity contribution in [1.82, 2.24) is 5.32 Å². The summed E-state index contributed by atoms with van der Waals surface area (Å²) in [5, 5.41) is 3.55. The van der Waals surface area contributed by atoms with Crippen LogP contribution in [0.4, 0.5) is 0 Å². The zero-order valence-corrected chi connectivity index (χ0v) is 12.2. The van der Waals surface area contributed by atoms with Gasteiger partial charge in [0.1, 0.15) is 5.75 Å². The smallest absolute Gasteiger partial charge is 0.119 e. The quantitative estimate of drug-likeness (QED) is 0.901. The Labute approximate surface area is 117 Å². The molecule has 0 aromatic heterocycles. The second kappa shape index (κ2) is 7.65. The van der Waals surface area contributed by atoms with Crippen LogP contribution in [0.2, 0.25) is 0 Å². The second-order valence-electron chi connectivity index (χ2n) is 5.11. The predicted octanol–water partition coefficient (Wildman–Crippen LogP) is 3.64. The number of hydrogen-bond acceptors (Lipinski definition) is 2. The van der Waals surface area contributed by atoms with Crippen LogP contribution in [0.25, 0.3) is 0 Å². The molecule has 1 aromatic rings. The lowest BCUT2D eigenvalue weighted by Gasteiger charge is -2.23. The third-order valence-electron chi connectivity index (χ3n) is 3.34. The molecule has 2 nitrogen and oxygen atoms in total. The zero-order valence-electron chi connectivity index (χ0n) is 11.4. The highest BCUT2D eigenvalue weighted by molar-refractivity contribution is 5.85. The summed E-state index contributed by atoms with van der Waals surface area (Å²) in [6, 6.07) is 7.06. The number of aryl methyl sites for hydroxylation is 2. The molecule has 1 heterocycles. The molecule has 0 bridgehead atoms. The number of piperidine rings is 1. The van der Waals surface area contributed by atoms with Crippen LogP contribution in [0.15, 0.2) is 18.2 Å². The van der Waals surface area contributed by atoms with Crippen molar-refractivity contribution < 1.29 is 4.74 Å². The molecule has 1 aliphatic rings. The Morgan fingerprint density at radius 1 is 1.17 bits per heavy atom. The lowest BCUT2D eigenvalue weighted by molar-refractivity contribution is 0.268. The van der Waals surface area contributed by atoms with Gasteiger partial charge in [-0.05, 0) is 62.9 Å². The Hall–Kier alpha value is -0.730. The van der Waals surface area contributed by atoms with Crippen molar-refractivity contribution in [2.24, 2.45) is 0 Å². The summed E-state index contributed by atoms with van der Waals surface area (Å²) in [6.45, 7) is 6.22. The number of ether oxygens (including phenoxy) is 1. The number of hydrogen-bond donors (Lipinski definition) is 1. The fourth-order valence-corrected chi connectivity index (χ4v) is 2.51. The first-order chi connectivity index (χ1) is 8.24. The molecular weight excluding hydrogens is 246 g/mol. The molecule has 0 amide bonds. The summed E-state index contributed by atoms with van der Waals surface area (Å²) in [6.07, 6.45) is 5.11. The van der Waals surface area contributed by atoms with E-state index in [1.54, 1.807) is 0 Å². The summed E-state index contributed by atoms with van der Waals surface area (Å²) in [5.74, 6) is 1.01. The molecule has 18 heavy (non-hydrogen) atoms. The molecule has 1 fully saturated rings. The number of halogens is 1. The standard InChI is InChI=1S/C15H23NO.ClH/c1-12-9-13(2)11-15(10-12)17-8-6-14-5-3-4-7-16-14;/h9-11,14,16H,3-8H2,1-2H3;1H. The lowest BCUT2D eigenvalue weighted by atomic mass is 10.0. The van der Waals surface area contributed by atoms with Gasteiger partial charge in [-0.25, -0.2) is 0 Å². The van der Waals surface area contributed by atoms with E-state index < -0.39 is 0 Å². The van der Waals surface area contributed by atoms with Crippen LogP contribution < -0.4 is 10.1 Å². The summed E-state index contributed by atoms with van der Waals surface area (Å²) in [4.78, 5) is 0. The van der Waals surface area contributed by atoms with Gasteiger partial charge in [-0.15, -0.1) is 12.4 Å². The molecule has 0 spiro atoms. The largest absolute Gasteiger partial charge is 0.494 e. The molecule has 0 saturated carbocycles. The summed E-state index contributed by atoms with van der Waals surface area (Å²) in [5.41, 5.74) is 2.55. The Morgan fingerprint density at radius 2 is 1.89 bits per heavy atom. The van der Waals surface area contributed by atoms with E-state index in [1.807, 2.05) is 0 Å². The van der Waals surface area contributed by atoms with E-state index in [-0.39, 0.29) is 12.4 Å². The van der Waals surface area contributed by atoms with Crippen LogP contribution in [0.1, 0.15) is 36.8 Å². The molecule has 2 rings (SSSR count). The fraction of sp³-hybridized carbons (Fsp3) is 0.600. The molecule has 1 N–H and O–H groups in total. The van der Waals surface area contributed by atoms with Crippen molar-refractivity contribution in [2.45, 2.75) is 45.6 Å². The van der Waals surface area contributed by atoms with Crippen LogP contribution in [0.5, 0.6) is 5.75 Å². The number of benzene rings is 1. The van der Waals surface area contributed by atoms with Gasteiger partial charge in [0.05, 0.1) is 6.61 Å². The van der Waals surface area contributed by atoms with Gasteiger partial charge in [0.15, 0.2) is 0 Å². The molecule has 1 unspecified atom stereocenters. The maximum absolute atomic E-state index is 5.83. The average Bonchev–Trinajstić information content (AvgIpc) is 2.29. The third kappa shape index (κ3) is 4.87. The van der Waals surface area contributed by atoms with E-state index in [4.69, 9.17) is 4.74 Å². The molecule has 1 aromatic carbocycles. The summed E-state index contributed by atoms with van der Waals surface area (Å²) < 4.78 is 5.83. The Bertz CT molecular complexity index is 341. The van der Waals surface area contributed by atoms with Crippen LogP contribution in [-0.4, -0.2) is 19.2 Å². The minimum Gasteiger partial charge on any atom is -0.494 e. The number of rotatable bonds is 4. The van der Waals surface area contributed by atoms with Gasteiger partial charge in [-0.2, -0.15) is 0 Å². The van der Waals surface area contributed by atoms with Crippen molar-refractivity contribution in [3.8, 4) is 5.75 Å². The van der Waals surface area contributed by atoms with Gasteiger partial charge in [0.25, 0.3) is 0 Å². The minimum atomic E-state index is 0. The normalized spacial score (nSPS) is 19.1. The molecule has 0 aliphatic carbocycles. The Balaban J connectivity index is 0.00000162. The first-order valence-electron chi connectivity index (χ1n) is 6.68. The Kier molecular flexibility index (Phi) is 6.51. The van der Waals surface area contributed by atoms with Crippen molar-refractivity contribution in [3.05, 3.63) is 29.3 Å². The first-order valence-corrected chi connectivity index (χ1v) is 6.68. The van der Waals surface area contributed by atoms with E-state index in [2.05, 4.69) is 37.4 Å². The molecule has 0 radical (unpaired) electrons. The van der Waals surface area contributed by atoms with Crippen LogP contribution in [-0.2, 0) is 0 Å². The third-order valence-corrected chi connectivity index (χ3v) is 3.34. The number of nitrogens with one attached hydrogen (secondary N) is 1. The highest BCUT2D eigenvalue weighted by Gasteiger charge is 2.11. The van der Waals surface area contributed by atoms with Crippen molar-refractivity contribution in [1.29, 1.82) is 0 Å². The maximum atomic E-state index is 5.83. The van der Waals surface area contributed by atoms with Crippen LogP contribution >= 0.6 is 12.4 Å². The molecular formula is C15H24ClNO. The molecule has 1 aliphatic heterocycles. The molecule has 102 valence electrons. The second-order valence-corrected chi connectivity index (χ2v) is 5.11.